The van der Waals surface area contributed by atoms with Gasteiger partial charge in [-0.25, -0.2) is 18.5 Å². The van der Waals surface area contributed by atoms with Gasteiger partial charge in [0, 0.05) is 6.54 Å². The highest BCUT2D eigenvalue weighted by atomic mass is 35.5. The molecule has 9 heteroatoms. The number of nitrogens with one attached hydrogen (secondary N) is 1. The molecule has 1 aliphatic heterocycles. The summed E-state index contributed by atoms with van der Waals surface area (Å²) in [5.74, 6) is 0.229. The average Bonchev–Trinajstić information content (AvgIpc) is 2.72. The van der Waals surface area contributed by atoms with E-state index in [0.29, 0.717) is 0 Å². The third-order valence-corrected chi connectivity index (χ3v) is 3.56. The number of ether oxygens (including phenoxy) is 1. The smallest absolute Gasteiger partial charge is 0.239 e. The van der Waals surface area contributed by atoms with Crippen molar-refractivity contribution >= 4 is 34.0 Å². The van der Waals surface area contributed by atoms with Gasteiger partial charge in [-0.15, -0.1) is 12.4 Å². The average molecular weight is 314 g/mol. The van der Waals surface area contributed by atoms with E-state index in [1.54, 1.807) is 0 Å². The first kappa shape index (κ1) is 15.5. The predicted molar refractivity (Wildman–Crippen MR) is 69.8 cm³/mol. The van der Waals surface area contributed by atoms with E-state index in [4.69, 9.17) is 21.5 Å². The van der Waals surface area contributed by atoms with E-state index < -0.39 is 10.0 Å². The molecule has 2 heterocycles. The van der Waals surface area contributed by atoms with Gasteiger partial charge in [-0.05, 0) is 19.0 Å². The molecular formula is C9H13Cl2N3O3S. The van der Waals surface area contributed by atoms with Gasteiger partial charge in [-0.1, -0.05) is 11.6 Å². The van der Waals surface area contributed by atoms with Gasteiger partial charge in [0.15, 0.2) is 0 Å². The van der Waals surface area contributed by atoms with Crippen LogP contribution in [0.25, 0.3) is 0 Å². The number of rotatable bonds is 3. The number of hydrogen-bond donors (Lipinski definition) is 2. The van der Waals surface area contributed by atoms with Gasteiger partial charge in [-0.2, -0.15) is 0 Å². The van der Waals surface area contributed by atoms with Crippen LogP contribution in [0.4, 0.5) is 0 Å². The molecule has 0 bridgehead atoms. The number of primary sulfonamides is 1. The second-order valence-electron chi connectivity index (χ2n) is 3.74. The first-order valence-corrected chi connectivity index (χ1v) is 6.95. The minimum Gasteiger partial charge on any atom is -0.472 e. The van der Waals surface area contributed by atoms with E-state index in [-0.39, 0.29) is 34.3 Å². The van der Waals surface area contributed by atoms with E-state index in [2.05, 4.69) is 10.3 Å². The zero-order valence-corrected chi connectivity index (χ0v) is 11.7. The van der Waals surface area contributed by atoms with Gasteiger partial charge in [0.05, 0.1) is 6.20 Å². The van der Waals surface area contributed by atoms with Crippen LogP contribution in [-0.4, -0.2) is 32.6 Å². The highest BCUT2D eigenvalue weighted by Crippen LogP contribution is 2.25. The topological polar surface area (TPSA) is 94.3 Å². The first-order valence-electron chi connectivity index (χ1n) is 5.02. The summed E-state index contributed by atoms with van der Waals surface area (Å²) in [5.41, 5.74) is 0. The van der Waals surface area contributed by atoms with Crippen LogP contribution < -0.4 is 15.2 Å². The van der Waals surface area contributed by atoms with Gasteiger partial charge in [0.1, 0.15) is 16.0 Å². The molecule has 1 aromatic heterocycles. The Morgan fingerprint density at radius 1 is 1.56 bits per heavy atom. The summed E-state index contributed by atoms with van der Waals surface area (Å²) in [6.45, 7) is 1.62. The van der Waals surface area contributed by atoms with Gasteiger partial charge in [0.25, 0.3) is 0 Å². The Labute approximate surface area is 116 Å². The SMILES string of the molecule is Cl.NS(=O)(=O)c1cnc(O[C@@H]2CCNC2)c(Cl)c1. The van der Waals surface area contributed by atoms with Crippen LogP contribution >= 0.6 is 24.0 Å². The Bertz CT molecular complexity index is 518. The third-order valence-electron chi connectivity index (χ3n) is 2.40. The summed E-state index contributed by atoms with van der Waals surface area (Å²) < 4.78 is 27.7. The molecular weight excluding hydrogens is 301 g/mol. The fraction of sp³-hybridized carbons (Fsp3) is 0.444. The lowest BCUT2D eigenvalue weighted by molar-refractivity contribution is 0.214. The monoisotopic (exact) mass is 313 g/mol. The molecule has 1 saturated heterocycles. The van der Waals surface area contributed by atoms with Crippen molar-refractivity contribution in [3.8, 4) is 5.88 Å². The van der Waals surface area contributed by atoms with Crippen LogP contribution in [-0.2, 0) is 10.0 Å². The molecule has 0 saturated carbocycles. The van der Waals surface area contributed by atoms with E-state index in [1.807, 2.05) is 0 Å². The molecule has 1 fully saturated rings. The summed E-state index contributed by atoms with van der Waals surface area (Å²) in [6.07, 6.45) is 2.02. The summed E-state index contributed by atoms with van der Waals surface area (Å²) in [4.78, 5) is 3.74. The Kier molecular flexibility index (Phi) is 5.18. The van der Waals surface area contributed by atoms with Crippen molar-refractivity contribution in [2.24, 2.45) is 5.14 Å². The molecule has 2 rings (SSSR count). The molecule has 0 unspecified atom stereocenters. The van der Waals surface area contributed by atoms with Gasteiger partial charge >= 0.3 is 0 Å². The van der Waals surface area contributed by atoms with Crippen LogP contribution in [0, 0.1) is 0 Å². The summed E-state index contributed by atoms with van der Waals surface area (Å²) in [6, 6.07) is 1.24. The lowest BCUT2D eigenvalue weighted by atomic mass is 10.3. The van der Waals surface area contributed by atoms with Crippen LogP contribution in [0.5, 0.6) is 5.88 Å². The van der Waals surface area contributed by atoms with Crippen LogP contribution in [0.2, 0.25) is 5.02 Å². The zero-order chi connectivity index (χ0) is 12.5. The summed E-state index contributed by atoms with van der Waals surface area (Å²) in [7, 11) is -3.78. The van der Waals surface area contributed by atoms with E-state index in [9.17, 15) is 8.42 Å². The third kappa shape index (κ3) is 3.69. The maximum atomic E-state index is 11.1. The molecule has 18 heavy (non-hydrogen) atoms. The number of sulfonamides is 1. The van der Waals surface area contributed by atoms with Crippen molar-refractivity contribution in [2.45, 2.75) is 17.4 Å². The quantitative estimate of drug-likeness (QED) is 0.849. The maximum absolute atomic E-state index is 11.1. The lowest BCUT2D eigenvalue weighted by Crippen LogP contribution is -2.20. The van der Waals surface area contributed by atoms with Crippen molar-refractivity contribution in [2.75, 3.05) is 13.1 Å². The molecule has 6 nitrogen and oxygen atoms in total. The number of pyridine rings is 1. The van der Waals surface area contributed by atoms with E-state index in [0.717, 1.165) is 25.7 Å². The summed E-state index contributed by atoms with van der Waals surface area (Å²) >= 11 is 5.89. The van der Waals surface area contributed by atoms with E-state index in [1.165, 1.54) is 6.07 Å². The Morgan fingerprint density at radius 3 is 2.78 bits per heavy atom. The van der Waals surface area contributed by atoms with Gasteiger partial charge in [0.2, 0.25) is 15.9 Å². The standard InChI is InChI=1S/C9H12ClN3O3S.ClH/c10-8-3-7(17(11,14)15)5-13-9(8)16-6-1-2-12-4-6;/h3,5-6,12H,1-2,4H2,(H2,11,14,15);1H/t6-;/m1./s1. The molecule has 0 amide bonds. The van der Waals surface area contributed by atoms with Gasteiger partial charge < -0.3 is 10.1 Å². The molecule has 1 atom stereocenters. The zero-order valence-electron chi connectivity index (χ0n) is 9.30. The second-order valence-corrected chi connectivity index (χ2v) is 5.70. The number of halogens is 2. The fourth-order valence-corrected chi connectivity index (χ4v) is 2.29. The Hall–Kier alpha value is -0.600. The molecule has 0 aromatic carbocycles. The normalized spacial score (nSPS) is 19.3. The minimum atomic E-state index is -3.78. The molecule has 0 aliphatic carbocycles. The maximum Gasteiger partial charge on any atom is 0.239 e. The molecule has 0 radical (unpaired) electrons. The highest BCUT2D eigenvalue weighted by Gasteiger charge is 2.19. The second kappa shape index (κ2) is 6.03. The number of nitrogens with two attached hydrogens (primary N) is 1. The first-order chi connectivity index (χ1) is 7.97. The lowest BCUT2D eigenvalue weighted by Gasteiger charge is -2.12. The molecule has 1 aromatic rings. The van der Waals surface area contributed by atoms with Crippen molar-refractivity contribution in [3.63, 3.8) is 0 Å². The minimum absolute atomic E-state index is 0. The van der Waals surface area contributed by atoms with Crippen molar-refractivity contribution in [3.05, 3.63) is 17.3 Å². The van der Waals surface area contributed by atoms with Crippen molar-refractivity contribution in [1.29, 1.82) is 0 Å². The van der Waals surface area contributed by atoms with Crippen molar-refractivity contribution < 1.29 is 13.2 Å². The van der Waals surface area contributed by atoms with Crippen molar-refractivity contribution in [1.82, 2.24) is 10.3 Å². The highest BCUT2D eigenvalue weighted by molar-refractivity contribution is 7.89. The number of hydrogen-bond acceptors (Lipinski definition) is 5. The number of aromatic nitrogens is 1. The largest absolute Gasteiger partial charge is 0.472 e. The van der Waals surface area contributed by atoms with E-state index >= 15 is 0 Å². The molecule has 1 aliphatic rings. The molecule has 0 spiro atoms. The van der Waals surface area contributed by atoms with Crippen LogP contribution in [0.1, 0.15) is 6.42 Å². The molecule has 3 N–H and O–H groups in total. The van der Waals surface area contributed by atoms with Crippen LogP contribution in [0.15, 0.2) is 17.2 Å². The molecule has 102 valence electrons. The van der Waals surface area contributed by atoms with Crippen LogP contribution in [0.3, 0.4) is 0 Å². The number of nitrogens with zero attached hydrogens (tertiary/aromatic N) is 1. The predicted octanol–water partition coefficient (Wildman–Crippen LogP) is 0.545. The Balaban J connectivity index is 0.00000162. The fourth-order valence-electron chi connectivity index (χ4n) is 1.54. The van der Waals surface area contributed by atoms with Gasteiger partial charge in [-0.3, -0.25) is 0 Å². The Morgan fingerprint density at radius 2 is 2.28 bits per heavy atom. The summed E-state index contributed by atoms with van der Waals surface area (Å²) in [5, 5.41) is 8.24.